The molecule has 1 heterocycles. The van der Waals surface area contributed by atoms with Gasteiger partial charge in [-0.15, -0.1) is 0 Å². The van der Waals surface area contributed by atoms with Crippen LogP contribution in [-0.2, 0) is 4.79 Å². The Kier molecular flexibility index (Phi) is 4.41. The number of hydrogen-bond acceptors (Lipinski definition) is 3. The van der Waals surface area contributed by atoms with Gasteiger partial charge in [0.25, 0.3) is 0 Å². The molecule has 0 aromatic heterocycles. The molecule has 2 fully saturated rings. The first kappa shape index (κ1) is 15.1. The zero-order chi connectivity index (χ0) is 15.0. The van der Waals surface area contributed by atoms with Crippen LogP contribution in [0.15, 0.2) is 18.2 Å². The molecule has 1 aliphatic carbocycles. The summed E-state index contributed by atoms with van der Waals surface area (Å²) >= 11 is 12.0. The maximum atomic E-state index is 12.1. The van der Waals surface area contributed by atoms with Gasteiger partial charge in [0.15, 0.2) is 0 Å². The van der Waals surface area contributed by atoms with Crippen molar-refractivity contribution in [2.24, 2.45) is 11.8 Å². The van der Waals surface area contributed by atoms with E-state index in [9.17, 15) is 9.90 Å². The third-order valence-electron chi connectivity index (χ3n) is 4.28. The van der Waals surface area contributed by atoms with Crippen molar-refractivity contribution in [2.75, 3.05) is 19.6 Å². The second-order valence-electron chi connectivity index (χ2n) is 5.88. The van der Waals surface area contributed by atoms with Gasteiger partial charge in [0.2, 0.25) is 5.91 Å². The fourth-order valence-electron chi connectivity index (χ4n) is 2.93. The highest BCUT2D eigenvalue weighted by Crippen LogP contribution is 2.48. The van der Waals surface area contributed by atoms with Crippen LogP contribution in [0, 0.1) is 11.8 Å². The number of β-amino-alcohol motifs (C(OH)–C–C–N with tert-alkyl or cyclic N) is 1. The van der Waals surface area contributed by atoms with Gasteiger partial charge in [-0.25, -0.2) is 0 Å². The minimum absolute atomic E-state index is 0.00830. The average molecular weight is 329 g/mol. The Labute approximate surface area is 133 Å². The van der Waals surface area contributed by atoms with Crippen molar-refractivity contribution >= 4 is 29.1 Å². The summed E-state index contributed by atoms with van der Waals surface area (Å²) in [5.41, 5.74) is 1.02. The molecule has 1 aliphatic heterocycles. The third kappa shape index (κ3) is 3.51. The third-order valence-corrected chi connectivity index (χ3v) is 4.72. The predicted molar refractivity (Wildman–Crippen MR) is 82.7 cm³/mol. The van der Waals surface area contributed by atoms with Crippen LogP contribution in [0.2, 0.25) is 10.0 Å². The molecule has 1 aromatic carbocycles. The summed E-state index contributed by atoms with van der Waals surface area (Å²) in [5.74, 6) is 0.348. The van der Waals surface area contributed by atoms with Crippen molar-refractivity contribution in [2.45, 2.75) is 18.4 Å². The first-order valence-electron chi connectivity index (χ1n) is 7.17. The quantitative estimate of drug-likeness (QED) is 0.789. The standard InChI is InChI=1S/C15H18Cl2N2O2/c16-10-1-8(2-11(17)3-10)12-4-13(12)15(21)19-6-9-5-18-7-14(9)20/h1-3,9,12-14,18,20H,4-7H2,(H,19,21). The minimum Gasteiger partial charge on any atom is -0.391 e. The fraction of sp³-hybridized carbons (Fsp3) is 0.533. The predicted octanol–water partition coefficient (Wildman–Crippen LogP) is 1.79. The van der Waals surface area contributed by atoms with Gasteiger partial charge in [-0.2, -0.15) is 0 Å². The first-order valence-corrected chi connectivity index (χ1v) is 7.92. The van der Waals surface area contributed by atoms with Gasteiger partial charge >= 0.3 is 0 Å². The van der Waals surface area contributed by atoms with E-state index in [1.54, 1.807) is 6.07 Å². The fourth-order valence-corrected chi connectivity index (χ4v) is 3.48. The molecular weight excluding hydrogens is 311 g/mol. The van der Waals surface area contributed by atoms with Gasteiger partial charge in [0, 0.05) is 41.5 Å². The lowest BCUT2D eigenvalue weighted by Crippen LogP contribution is -2.35. The lowest BCUT2D eigenvalue weighted by atomic mass is 10.1. The topological polar surface area (TPSA) is 61.4 Å². The van der Waals surface area contributed by atoms with E-state index in [-0.39, 0.29) is 29.8 Å². The Hall–Kier alpha value is -0.810. The molecule has 2 aliphatic rings. The van der Waals surface area contributed by atoms with Crippen molar-refractivity contribution < 1.29 is 9.90 Å². The first-order chi connectivity index (χ1) is 10.0. The number of rotatable bonds is 4. The van der Waals surface area contributed by atoms with Gasteiger partial charge in [0.05, 0.1) is 6.10 Å². The summed E-state index contributed by atoms with van der Waals surface area (Å²) in [4.78, 5) is 12.1. The zero-order valence-electron chi connectivity index (χ0n) is 11.5. The lowest BCUT2D eigenvalue weighted by molar-refractivity contribution is -0.122. The lowest BCUT2D eigenvalue weighted by Gasteiger charge is -2.14. The van der Waals surface area contributed by atoms with Gasteiger partial charge in [-0.05, 0) is 36.1 Å². The molecule has 1 saturated carbocycles. The summed E-state index contributed by atoms with van der Waals surface area (Å²) in [5, 5.41) is 17.0. The summed E-state index contributed by atoms with van der Waals surface area (Å²) in [6.45, 7) is 1.87. The van der Waals surface area contributed by atoms with Crippen LogP contribution in [0.5, 0.6) is 0 Å². The number of nitrogens with one attached hydrogen (secondary N) is 2. The number of halogens is 2. The Morgan fingerprint density at radius 1 is 1.29 bits per heavy atom. The highest BCUT2D eigenvalue weighted by atomic mass is 35.5. The summed E-state index contributed by atoms with van der Waals surface area (Å²) < 4.78 is 0. The molecule has 4 unspecified atom stereocenters. The SMILES string of the molecule is O=C(NCC1CNCC1O)C1CC1c1cc(Cl)cc(Cl)c1. The van der Waals surface area contributed by atoms with E-state index in [1.165, 1.54) is 0 Å². The van der Waals surface area contributed by atoms with Crippen molar-refractivity contribution in [3.8, 4) is 0 Å². The normalized spacial score (nSPS) is 31.2. The zero-order valence-corrected chi connectivity index (χ0v) is 13.0. The molecule has 4 nitrogen and oxygen atoms in total. The van der Waals surface area contributed by atoms with Crippen molar-refractivity contribution in [1.29, 1.82) is 0 Å². The molecule has 3 rings (SSSR count). The smallest absolute Gasteiger partial charge is 0.223 e. The monoisotopic (exact) mass is 328 g/mol. The van der Waals surface area contributed by atoms with Crippen LogP contribution >= 0.6 is 23.2 Å². The van der Waals surface area contributed by atoms with Crippen molar-refractivity contribution in [3.05, 3.63) is 33.8 Å². The number of carbonyl (C=O) groups is 1. The number of aliphatic hydroxyl groups excluding tert-OH is 1. The van der Waals surface area contributed by atoms with Gasteiger partial charge < -0.3 is 15.7 Å². The Balaban J connectivity index is 1.53. The molecule has 4 atom stereocenters. The molecule has 0 bridgehead atoms. The van der Waals surface area contributed by atoms with Crippen LogP contribution in [0.4, 0.5) is 0 Å². The van der Waals surface area contributed by atoms with E-state index in [4.69, 9.17) is 23.2 Å². The van der Waals surface area contributed by atoms with Crippen LogP contribution < -0.4 is 10.6 Å². The van der Waals surface area contributed by atoms with E-state index in [1.807, 2.05) is 12.1 Å². The van der Waals surface area contributed by atoms with E-state index in [0.717, 1.165) is 18.5 Å². The Bertz CT molecular complexity index is 532. The van der Waals surface area contributed by atoms with E-state index >= 15 is 0 Å². The maximum absolute atomic E-state index is 12.1. The molecule has 0 spiro atoms. The second-order valence-corrected chi connectivity index (χ2v) is 6.76. The summed E-state index contributed by atoms with van der Waals surface area (Å²) in [6.07, 6.45) is 0.459. The Morgan fingerprint density at radius 2 is 2.00 bits per heavy atom. The van der Waals surface area contributed by atoms with Gasteiger partial charge in [0.1, 0.15) is 0 Å². The number of benzene rings is 1. The largest absolute Gasteiger partial charge is 0.391 e. The van der Waals surface area contributed by atoms with Crippen LogP contribution in [0.3, 0.4) is 0 Å². The van der Waals surface area contributed by atoms with Crippen LogP contribution in [-0.4, -0.2) is 36.8 Å². The minimum atomic E-state index is -0.368. The number of hydrogen-bond donors (Lipinski definition) is 3. The second kappa shape index (κ2) is 6.13. The Morgan fingerprint density at radius 3 is 2.62 bits per heavy atom. The highest BCUT2D eigenvalue weighted by molar-refractivity contribution is 6.34. The van der Waals surface area contributed by atoms with Crippen molar-refractivity contribution in [1.82, 2.24) is 10.6 Å². The average Bonchev–Trinajstić information content (AvgIpc) is 3.12. The van der Waals surface area contributed by atoms with Crippen LogP contribution in [0.1, 0.15) is 17.9 Å². The van der Waals surface area contributed by atoms with E-state index in [2.05, 4.69) is 10.6 Å². The molecular formula is C15H18Cl2N2O2. The van der Waals surface area contributed by atoms with Crippen molar-refractivity contribution in [3.63, 3.8) is 0 Å². The van der Waals surface area contributed by atoms with Gasteiger partial charge in [-0.3, -0.25) is 4.79 Å². The summed E-state index contributed by atoms with van der Waals surface area (Å²) in [7, 11) is 0. The molecule has 1 aromatic rings. The maximum Gasteiger partial charge on any atom is 0.223 e. The number of amides is 1. The molecule has 21 heavy (non-hydrogen) atoms. The summed E-state index contributed by atoms with van der Waals surface area (Å²) in [6, 6.07) is 5.44. The van der Waals surface area contributed by atoms with E-state index in [0.29, 0.717) is 23.1 Å². The van der Waals surface area contributed by atoms with E-state index < -0.39 is 0 Å². The highest BCUT2D eigenvalue weighted by Gasteiger charge is 2.44. The molecule has 1 amide bonds. The van der Waals surface area contributed by atoms with Crippen LogP contribution in [0.25, 0.3) is 0 Å². The number of carbonyl (C=O) groups excluding carboxylic acids is 1. The van der Waals surface area contributed by atoms with Gasteiger partial charge in [-0.1, -0.05) is 23.2 Å². The molecule has 0 radical (unpaired) electrons. The molecule has 6 heteroatoms. The molecule has 1 saturated heterocycles. The molecule has 114 valence electrons. The number of aliphatic hydroxyl groups is 1. The molecule has 3 N–H and O–H groups in total.